The predicted molar refractivity (Wildman–Crippen MR) is 110 cm³/mol. The van der Waals surface area contributed by atoms with Crippen molar-refractivity contribution in [3.8, 4) is 11.5 Å². The van der Waals surface area contributed by atoms with E-state index >= 15 is 0 Å². The first-order valence-corrected chi connectivity index (χ1v) is 9.82. The van der Waals surface area contributed by atoms with Gasteiger partial charge in [0.15, 0.2) is 5.82 Å². The third-order valence-electron chi connectivity index (χ3n) is 3.89. The summed E-state index contributed by atoms with van der Waals surface area (Å²) in [5.74, 6) is -0.642. The Kier molecular flexibility index (Phi) is 6.91. The summed E-state index contributed by atoms with van der Waals surface area (Å²) in [6.45, 7) is 0. The zero-order chi connectivity index (χ0) is 22.6. The molecule has 3 aromatic rings. The Morgan fingerprint density at radius 3 is 2.52 bits per heavy atom. The van der Waals surface area contributed by atoms with E-state index in [0.717, 1.165) is 30.1 Å². The maximum Gasteiger partial charge on any atom is 0.417 e. The van der Waals surface area contributed by atoms with Gasteiger partial charge in [0.05, 0.1) is 16.3 Å². The quantitative estimate of drug-likeness (QED) is 0.333. The predicted octanol–water partition coefficient (Wildman–Crippen LogP) is 6.16. The minimum absolute atomic E-state index is 0.0432. The van der Waals surface area contributed by atoms with E-state index in [0.29, 0.717) is 0 Å². The molecule has 0 aliphatic rings. The molecule has 1 aromatic heterocycles. The average molecular weight is 472 g/mol. The van der Waals surface area contributed by atoms with Crippen molar-refractivity contribution in [2.24, 2.45) is 0 Å². The number of amides is 1. The van der Waals surface area contributed by atoms with Crippen LogP contribution in [-0.2, 0) is 6.18 Å². The molecular weight excluding hydrogens is 458 g/mol. The molecule has 11 heteroatoms. The van der Waals surface area contributed by atoms with E-state index in [-0.39, 0.29) is 27.8 Å². The van der Waals surface area contributed by atoms with Crippen LogP contribution in [-0.4, -0.2) is 17.9 Å². The number of benzene rings is 2. The number of alkyl halides is 3. The Labute approximate surface area is 183 Å². The van der Waals surface area contributed by atoms with E-state index in [2.05, 4.69) is 15.0 Å². The van der Waals surface area contributed by atoms with Crippen LogP contribution in [0.3, 0.4) is 0 Å². The summed E-state index contributed by atoms with van der Waals surface area (Å²) in [5.41, 5.74) is -0.795. The molecule has 0 saturated carbocycles. The lowest BCUT2D eigenvalue weighted by Crippen LogP contribution is -2.18. The van der Waals surface area contributed by atoms with Crippen molar-refractivity contribution in [2.45, 2.75) is 11.1 Å². The molecule has 0 saturated heterocycles. The van der Waals surface area contributed by atoms with E-state index in [9.17, 15) is 22.4 Å². The zero-order valence-electron chi connectivity index (χ0n) is 15.8. The lowest BCUT2D eigenvalue weighted by Gasteiger charge is -2.12. The Bertz CT molecular complexity index is 1110. The number of nitrogens with one attached hydrogen (secondary N) is 2. The van der Waals surface area contributed by atoms with E-state index in [1.165, 1.54) is 43.6 Å². The van der Waals surface area contributed by atoms with E-state index in [4.69, 9.17) is 16.3 Å². The Morgan fingerprint density at radius 2 is 1.84 bits per heavy atom. The smallest absolute Gasteiger partial charge is 0.417 e. The van der Waals surface area contributed by atoms with Gasteiger partial charge in [-0.05, 0) is 48.3 Å². The largest absolute Gasteiger partial charge is 0.457 e. The number of pyridine rings is 1. The fraction of sp³-hybridized carbons (Fsp3) is 0.100. The molecule has 0 unspecified atom stereocenters. The minimum atomic E-state index is -4.59. The van der Waals surface area contributed by atoms with Crippen molar-refractivity contribution in [1.29, 1.82) is 0 Å². The molecule has 0 radical (unpaired) electrons. The lowest BCUT2D eigenvalue weighted by molar-refractivity contribution is -0.137. The van der Waals surface area contributed by atoms with Crippen molar-refractivity contribution >= 4 is 35.1 Å². The second-order valence-corrected chi connectivity index (χ2v) is 7.33. The van der Waals surface area contributed by atoms with Crippen LogP contribution in [0.1, 0.15) is 16.1 Å². The minimum Gasteiger partial charge on any atom is -0.457 e. The zero-order valence-corrected chi connectivity index (χ0v) is 17.3. The highest BCUT2D eigenvalue weighted by molar-refractivity contribution is 8.00. The van der Waals surface area contributed by atoms with E-state index in [1.54, 1.807) is 0 Å². The molecule has 5 nitrogen and oxygen atoms in total. The van der Waals surface area contributed by atoms with Crippen molar-refractivity contribution in [3.63, 3.8) is 0 Å². The van der Waals surface area contributed by atoms with Crippen LogP contribution in [0, 0.1) is 5.82 Å². The number of hydrogen-bond acceptors (Lipinski definition) is 5. The highest BCUT2D eigenvalue weighted by Gasteiger charge is 2.33. The monoisotopic (exact) mass is 471 g/mol. The number of aromatic nitrogens is 1. The van der Waals surface area contributed by atoms with Crippen molar-refractivity contribution in [2.75, 3.05) is 11.8 Å². The maximum atomic E-state index is 14.4. The Hall–Kier alpha value is -2.98. The molecule has 0 aliphatic heterocycles. The molecule has 2 N–H and O–H groups in total. The normalized spacial score (nSPS) is 11.2. The molecule has 0 fully saturated rings. The molecule has 1 heterocycles. The third kappa shape index (κ3) is 5.80. The van der Waals surface area contributed by atoms with Gasteiger partial charge in [-0.3, -0.25) is 9.78 Å². The summed E-state index contributed by atoms with van der Waals surface area (Å²) in [6.07, 6.45) is -3.22. The SMILES string of the molecule is CNC(=O)c1cc(Oc2ccc(NSc3ccc(Cl)c(C(F)(F)F)c3)c(F)c2)ccn1. The molecule has 0 atom stereocenters. The van der Waals surface area contributed by atoms with Crippen molar-refractivity contribution in [3.05, 3.63) is 76.8 Å². The van der Waals surface area contributed by atoms with E-state index in [1.807, 2.05) is 0 Å². The van der Waals surface area contributed by atoms with Crippen LogP contribution in [0.4, 0.5) is 23.2 Å². The number of anilines is 1. The highest BCUT2D eigenvalue weighted by Crippen LogP contribution is 2.37. The van der Waals surface area contributed by atoms with Gasteiger partial charge in [0.1, 0.15) is 17.2 Å². The third-order valence-corrected chi connectivity index (χ3v) is 5.03. The number of halogens is 5. The summed E-state index contributed by atoms with van der Waals surface area (Å²) in [4.78, 5) is 15.7. The first-order valence-electron chi connectivity index (χ1n) is 8.62. The fourth-order valence-electron chi connectivity index (χ4n) is 2.40. The van der Waals surface area contributed by atoms with Gasteiger partial charge in [-0.2, -0.15) is 13.2 Å². The summed E-state index contributed by atoms with van der Waals surface area (Å²) in [6, 6.07) is 10.2. The molecule has 0 aliphatic carbocycles. The summed E-state index contributed by atoms with van der Waals surface area (Å²) < 4.78 is 61.5. The van der Waals surface area contributed by atoms with Gasteiger partial charge in [0.25, 0.3) is 5.91 Å². The van der Waals surface area contributed by atoms with Crippen LogP contribution < -0.4 is 14.8 Å². The van der Waals surface area contributed by atoms with Gasteiger partial charge in [-0.25, -0.2) is 4.39 Å². The lowest BCUT2D eigenvalue weighted by atomic mass is 10.2. The topological polar surface area (TPSA) is 63.2 Å². The summed E-state index contributed by atoms with van der Waals surface area (Å²) in [5, 5.41) is 2.02. The highest BCUT2D eigenvalue weighted by atomic mass is 35.5. The molecule has 3 rings (SSSR count). The average Bonchev–Trinajstić information content (AvgIpc) is 2.73. The molecule has 162 valence electrons. The number of rotatable bonds is 6. The number of hydrogen-bond donors (Lipinski definition) is 2. The molecule has 0 bridgehead atoms. The van der Waals surface area contributed by atoms with Crippen molar-refractivity contribution in [1.82, 2.24) is 10.3 Å². The molecular formula is C20H14ClF4N3O2S. The fourth-order valence-corrected chi connectivity index (χ4v) is 3.33. The number of nitrogens with zero attached hydrogens (tertiary/aromatic N) is 1. The first kappa shape index (κ1) is 22.7. The van der Waals surface area contributed by atoms with Crippen LogP contribution >= 0.6 is 23.5 Å². The van der Waals surface area contributed by atoms with Crippen molar-refractivity contribution < 1.29 is 27.1 Å². The number of carbonyl (C=O) groups excluding carboxylic acids is 1. The van der Waals surface area contributed by atoms with Crippen LogP contribution in [0.15, 0.2) is 59.6 Å². The van der Waals surface area contributed by atoms with Gasteiger partial charge in [0.2, 0.25) is 0 Å². The van der Waals surface area contributed by atoms with Gasteiger partial charge in [0, 0.05) is 30.3 Å². The summed E-state index contributed by atoms with van der Waals surface area (Å²) in [7, 11) is 1.46. The van der Waals surface area contributed by atoms with Gasteiger partial charge >= 0.3 is 6.18 Å². The van der Waals surface area contributed by atoms with Gasteiger partial charge in [-0.15, -0.1) is 0 Å². The summed E-state index contributed by atoms with van der Waals surface area (Å²) >= 11 is 6.39. The molecule has 0 spiro atoms. The van der Waals surface area contributed by atoms with Crippen LogP contribution in [0.5, 0.6) is 11.5 Å². The molecule has 2 aromatic carbocycles. The van der Waals surface area contributed by atoms with Gasteiger partial charge in [-0.1, -0.05) is 11.6 Å². The second kappa shape index (κ2) is 9.44. The molecule has 31 heavy (non-hydrogen) atoms. The Balaban J connectivity index is 1.70. The van der Waals surface area contributed by atoms with E-state index < -0.39 is 28.5 Å². The first-order chi connectivity index (χ1) is 14.7. The van der Waals surface area contributed by atoms with Crippen LogP contribution in [0.25, 0.3) is 0 Å². The Morgan fingerprint density at radius 1 is 1.10 bits per heavy atom. The maximum absolute atomic E-state index is 14.4. The second-order valence-electron chi connectivity index (χ2n) is 6.04. The van der Waals surface area contributed by atoms with Crippen LogP contribution in [0.2, 0.25) is 5.02 Å². The molecule has 1 amide bonds. The van der Waals surface area contributed by atoms with Gasteiger partial charge < -0.3 is 14.8 Å². The number of ether oxygens (including phenoxy) is 1. The number of carbonyl (C=O) groups is 1. The standard InChI is InChI=1S/C20H14ClF4N3O2S/c1-26-19(29)18-9-12(6-7-27-18)30-11-2-5-17(16(22)8-11)28-31-13-3-4-15(21)14(10-13)20(23,24)25/h2-10,28H,1H3,(H,26,29).